The van der Waals surface area contributed by atoms with Crippen LogP contribution in [0, 0.1) is 34.3 Å². The number of carbonyl (C=O) groups is 2. The smallest absolute Gasteiger partial charge is 0.265 e. The minimum absolute atomic E-state index is 0. The van der Waals surface area contributed by atoms with Crippen molar-refractivity contribution in [1.82, 2.24) is 0 Å². The Labute approximate surface area is 237 Å². The van der Waals surface area contributed by atoms with Crippen molar-refractivity contribution < 1.29 is 42.3 Å². The normalized spacial score (nSPS) is 11.7. The third-order valence-corrected chi connectivity index (χ3v) is 12.1. The molecule has 185 valence electrons. The molecule has 1 radical (unpaired) electrons. The number of nitrogens with zero attached hydrogens (tertiary/aromatic N) is 1. The van der Waals surface area contributed by atoms with Crippen LogP contribution in [0.4, 0.5) is 17.1 Å². The number of rotatable bonds is 10. The van der Waals surface area contributed by atoms with Crippen LogP contribution >= 0.6 is 7.26 Å². The molecule has 5 nitrogen and oxygen atoms in total. The molecular weight excluding hydrogens is 530 g/mol. The zero-order chi connectivity index (χ0) is 25.5. The first kappa shape index (κ1) is 31.4. The maximum absolute atomic E-state index is 13.7. The summed E-state index contributed by atoms with van der Waals surface area (Å²) >= 11 is 0. The van der Waals surface area contributed by atoms with E-state index >= 15 is 0 Å². The van der Waals surface area contributed by atoms with Crippen molar-refractivity contribution in [3.63, 3.8) is 0 Å². The third kappa shape index (κ3) is 7.69. The van der Waals surface area contributed by atoms with E-state index in [9.17, 15) is 9.59 Å². The minimum Gasteiger partial charge on any atom is -0.322 e. The van der Waals surface area contributed by atoms with Crippen LogP contribution in [-0.4, -0.2) is 36.0 Å². The number of hydrogen-bond acceptors (Lipinski definition) is 2. The largest absolute Gasteiger partial charge is 0.322 e. The second-order valence-corrected chi connectivity index (χ2v) is 13.8. The minimum atomic E-state index is -1.92. The van der Waals surface area contributed by atoms with Gasteiger partial charge in [-0.1, -0.05) is 43.7 Å². The van der Waals surface area contributed by atoms with Gasteiger partial charge in [0.05, 0.1) is 18.9 Å². The summed E-state index contributed by atoms with van der Waals surface area (Å²) < 4.78 is 0. The van der Waals surface area contributed by atoms with Crippen molar-refractivity contribution in [2.75, 3.05) is 29.1 Å². The van der Waals surface area contributed by atoms with E-state index in [0.717, 1.165) is 58.8 Å². The molecular formula is C28H39N3O2PY+. The van der Waals surface area contributed by atoms with Crippen LogP contribution in [0.25, 0.3) is 4.85 Å². The fourth-order valence-corrected chi connectivity index (χ4v) is 8.83. The molecule has 0 fully saturated rings. The molecule has 0 spiro atoms. The zero-order valence-corrected chi connectivity index (χ0v) is 26.0. The Balaban J connectivity index is 0.00000612. The molecule has 2 aromatic rings. The van der Waals surface area contributed by atoms with Gasteiger partial charge in [0.15, 0.2) is 5.69 Å². The predicted molar refractivity (Wildman–Crippen MR) is 147 cm³/mol. The maximum Gasteiger partial charge on any atom is 0.265 e. The number of aryl methyl sites for hydroxylation is 4. The van der Waals surface area contributed by atoms with Crippen molar-refractivity contribution in [2.45, 2.75) is 67.0 Å². The van der Waals surface area contributed by atoms with Crippen LogP contribution in [-0.2, 0) is 42.3 Å². The van der Waals surface area contributed by atoms with Crippen molar-refractivity contribution in [3.8, 4) is 0 Å². The first-order valence-electron chi connectivity index (χ1n) is 12.1. The van der Waals surface area contributed by atoms with Gasteiger partial charge in [0.2, 0.25) is 0 Å². The molecule has 0 heterocycles. The third-order valence-electron chi connectivity index (χ3n) is 6.88. The molecule has 0 aliphatic heterocycles. The van der Waals surface area contributed by atoms with Crippen LogP contribution in [0.15, 0.2) is 30.3 Å². The maximum atomic E-state index is 13.7. The van der Waals surface area contributed by atoms with Crippen LogP contribution < -0.4 is 10.6 Å². The van der Waals surface area contributed by atoms with Crippen LogP contribution in [0.5, 0.6) is 0 Å². The Morgan fingerprint density at radius 2 is 1.43 bits per heavy atom. The molecule has 2 amide bonds. The summed E-state index contributed by atoms with van der Waals surface area (Å²) in [5.41, 5.74) is 5.91. The summed E-state index contributed by atoms with van der Waals surface area (Å²) in [6.07, 6.45) is 3.73. The second-order valence-electron chi connectivity index (χ2n) is 9.18. The number of nitrogens with one attached hydrogen (secondary N) is 2. The predicted octanol–water partition coefficient (Wildman–Crippen LogP) is 7.27. The van der Waals surface area contributed by atoms with Gasteiger partial charge < -0.3 is 10.6 Å². The van der Waals surface area contributed by atoms with Gasteiger partial charge in [-0.2, -0.15) is 0 Å². The Kier molecular flexibility index (Phi) is 12.8. The number of para-hydroxylation sites is 1. The molecule has 0 aliphatic carbocycles. The van der Waals surface area contributed by atoms with E-state index < -0.39 is 7.26 Å². The fourth-order valence-electron chi connectivity index (χ4n) is 4.81. The van der Waals surface area contributed by atoms with Gasteiger partial charge in [0, 0.05) is 51.3 Å². The van der Waals surface area contributed by atoms with E-state index in [-0.39, 0.29) is 50.2 Å². The van der Waals surface area contributed by atoms with E-state index in [1.165, 1.54) is 0 Å². The SMILES string of the molecule is [C-]#[N+]c1cc(C)c(NC(=O)C(CCC)[P+](CC)(CC)CC(=O)Nc2c(C)cccc2C)c(C)c1.[Y]. The Hall–Kier alpha value is -1.60. The molecule has 0 aliphatic rings. The first-order valence-corrected chi connectivity index (χ1v) is 14.5. The quantitative estimate of drug-likeness (QED) is 0.234. The zero-order valence-electron chi connectivity index (χ0n) is 22.3. The molecule has 7 heteroatoms. The number of amides is 2. The fraction of sp³-hybridized carbons (Fsp3) is 0.464. The Morgan fingerprint density at radius 3 is 1.89 bits per heavy atom. The van der Waals surface area contributed by atoms with Gasteiger partial charge >= 0.3 is 0 Å². The van der Waals surface area contributed by atoms with E-state index in [2.05, 4.69) is 36.2 Å². The standard InChI is InChI=1S/C28H38N3O2P.Y/c1-9-13-24(28(33)31-27-21(6)16-23(29-8)17-22(27)7)34(10-2,11-3)18-25(32)30-26-19(4)14-12-15-20(26)5;/h12,14-17,24H,9-11,13,18H2,1-7H3,(H-,30,31,32,33);/p+1. The van der Waals surface area contributed by atoms with Crippen molar-refractivity contribution in [1.29, 1.82) is 0 Å². The molecule has 0 saturated carbocycles. The van der Waals surface area contributed by atoms with Crippen molar-refractivity contribution in [3.05, 3.63) is 64.0 Å². The molecule has 0 bridgehead atoms. The Morgan fingerprint density at radius 1 is 0.914 bits per heavy atom. The molecule has 0 saturated heterocycles. The topological polar surface area (TPSA) is 62.6 Å². The van der Waals surface area contributed by atoms with Gasteiger partial charge in [-0.25, -0.2) is 4.85 Å². The average molecular weight is 570 g/mol. The van der Waals surface area contributed by atoms with Gasteiger partial charge in [-0.15, -0.1) is 0 Å². The van der Waals surface area contributed by atoms with Gasteiger partial charge in [0.1, 0.15) is 11.8 Å². The number of hydrogen-bond donors (Lipinski definition) is 2. The summed E-state index contributed by atoms with van der Waals surface area (Å²) in [4.78, 5) is 30.5. The van der Waals surface area contributed by atoms with Gasteiger partial charge in [-0.05, 0) is 70.2 Å². The molecule has 35 heavy (non-hydrogen) atoms. The number of carbonyl (C=O) groups excluding carboxylic acids is 2. The molecule has 1 atom stereocenters. The second kappa shape index (κ2) is 14.2. The molecule has 0 aromatic heterocycles. The number of benzene rings is 2. The van der Waals surface area contributed by atoms with Gasteiger partial charge in [-0.3, -0.25) is 9.59 Å². The summed E-state index contributed by atoms with van der Waals surface area (Å²) in [6.45, 7) is 21.5. The summed E-state index contributed by atoms with van der Waals surface area (Å²) in [5, 5.41) is 6.33. The first-order chi connectivity index (χ1) is 16.1. The van der Waals surface area contributed by atoms with E-state index in [0.29, 0.717) is 11.8 Å². The Bertz CT molecular complexity index is 1050. The van der Waals surface area contributed by atoms with Crippen molar-refractivity contribution in [2.24, 2.45) is 0 Å². The van der Waals surface area contributed by atoms with E-state index in [1.807, 2.05) is 58.0 Å². The molecule has 2 N–H and O–H groups in total. The summed E-state index contributed by atoms with van der Waals surface area (Å²) in [5.74, 6) is -0.00220. The van der Waals surface area contributed by atoms with Gasteiger partial charge in [0.25, 0.3) is 11.8 Å². The van der Waals surface area contributed by atoms with Crippen LogP contribution in [0.1, 0.15) is 55.9 Å². The van der Waals surface area contributed by atoms with Crippen molar-refractivity contribution >= 4 is 36.1 Å². The molecule has 2 aromatic carbocycles. The van der Waals surface area contributed by atoms with E-state index in [4.69, 9.17) is 6.57 Å². The summed E-state index contributed by atoms with van der Waals surface area (Å²) in [6, 6.07) is 9.62. The number of anilines is 2. The van der Waals surface area contributed by atoms with Crippen LogP contribution in [0.3, 0.4) is 0 Å². The molecule has 1 unspecified atom stereocenters. The van der Waals surface area contributed by atoms with E-state index in [1.54, 1.807) is 0 Å². The monoisotopic (exact) mass is 569 g/mol. The average Bonchev–Trinajstić information content (AvgIpc) is 2.80. The van der Waals surface area contributed by atoms with Crippen LogP contribution in [0.2, 0.25) is 0 Å². The summed E-state index contributed by atoms with van der Waals surface area (Å²) in [7, 11) is -1.92. The molecule has 2 rings (SSSR count).